The quantitative estimate of drug-likeness (QED) is 0.851. The monoisotopic (exact) mass is 310 g/mol. The van der Waals surface area contributed by atoms with Crippen LogP contribution in [0.1, 0.15) is 26.7 Å². The summed E-state index contributed by atoms with van der Waals surface area (Å²) in [6.45, 7) is 5.15. The summed E-state index contributed by atoms with van der Waals surface area (Å²) < 4.78 is 28.6. The first kappa shape index (κ1) is 15.8. The van der Waals surface area contributed by atoms with E-state index in [4.69, 9.17) is 0 Å². The normalized spacial score (nSPS) is 12.2. The van der Waals surface area contributed by atoms with Crippen LogP contribution in [0.4, 0.5) is 5.82 Å². The van der Waals surface area contributed by atoms with Crippen LogP contribution in [0.3, 0.4) is 0 Å². The maximum atomic E-state index is 12.8. The van der Waals surface area contributed by atoms with Gasteiger partial charge in [0.25, 0.3) is 10.0 Å². The van der Waals surface area contributed by atoms with Gasteiger partial charge >= 0.3 is 0 Å². The van der Waals surface area contributed by atoms with E-state index in [1.807, 2.05) is 19.9 Å². The molecular weight excluding hydrogens is 288 g/mol. The highest BCUT2D eigenvalue weighted by molar-refractivity contribution is 7.89. The molecule has 0 bridgehead atoms. The van der Waals surface area contributed by atoms with Gasteiger partial charge in [-0.2, -0.15) is 4.31 Å². The third-order valence-electron chi connectivity index (χ3n) is 3.22. The highest BCUT2D eigenvalue weighted by Gasteiger charge is 2.28. The fourth-order valence-electron chi connectivity index (χ4n) is 2.16. The second kappa shape index (κ2) is 6.44. The molecule has 0 saturated carbocycles. The van der Waals surface area contributed by atoms with E-state index in [9.17, 15) is 8.42 Å². The number of hydrogen-bond donors (Lipinski definition) is 1. The molecule has 2 heterocycles. The van der Waals surface area contributed by atoms with Gasteiger partial charge in [-0.25, -0.2) is 13.4 Å². The van der Waals surface area contributed by atoms with E-state index in [0.29, 0.717) is 24.6 Å². The van der Waals surface area contributed by atoms with Crippen molar-refractivity contribution in [2.24, 2.45) is 0 Å². The van der Waals surface area contributed by atoms with Crippen LogP contribution in [0.2, 0.25) is 0 Å². The fourth-order valence-corrected chi connectivity index (χ4v) is 3.64. The topological polar surface area (TPSA) is 66.7 Å². The Morgan fingerprint density at radius 2 is 2.05 bits per heavy atom. The molecule has 0 aliphatic rings. The van der Waals surface area contributed by atoms with Gasteiger partial charge in [-0.1, -0.05) is 19.9 Å². The number of rotatable bonds is 7. The van der Waals surface area contributed by atoms with Gasteiger partial charge in [0.05, 0.1) is 0 Å². The molecule has 6 nitrogen and oxygen atoms in total. The largest absolute Gasteiger partial charge is 0.368 e. The Balaban J connectivity index is 2.59. The summed E-state index contributed by atoms with van der Waals surface area (Å²) in [5, 5.41) is 3.33. The second-order valence-corrected chi connectivity index (χ2v) is 6.91. The predicted octanol–water partition coefficient (Wildman–Crippen LogP) is 2.19. The first-order chi connectivity index (χ1) is 10.0. The van der Waals surface area contributed by atoms with Crippen LogP contribution in [0.25, 0.3) is 5.65 Å². The number of aromatic nitrogens is 2. The third kappa shape index (κ3) is 3.03. The van der Waals surface area contributed by atoms with Gasteiger partial charge in [0.1, 0.15) is 5.65 Å². The van der Waals surface area contributed by atoms with Crippen molar-refractivity contribution in [3.8, 4) is 0 Å². The summed E-state index contributed by atoms with van der Waals surface area (Å²) in [5.74, 6) is 0.422. The molecule has 2 aromatic heterocycles. The zero-order valence-corrected chi connectivity index (χ0v) is 13.5. The van der Waals surface area contributed by atoms with Crippen LogP contribution in [-0.2, 0) is 10.0 Å². The van der Waals surface area contributed by atoms with Crippen molar-refractivity contribution in [1.29, 1.82) is 0 Å². The molecule has 0 aromatic carbocycles. The number of nitrogens with zero attached hydrogens (tertiary/aromatic N) is 3. The number of anilines is 1. The average Bonchev–Trinajstić information content (AvgIpc) is 2.84. The lowest BCUT2D eigenvalue weighted by molar-refractivity contribution is 0.465. The molecule has 0 aliphatic carbocycles. The maximum Gasteiger partial charge on any atom is 0.262 e. The molecule has 0 unspecified atom stereocenters. The Morgan fingerprint density at radius 1 is 1.29 bits per heavy atom. The van der Waals surface area contributed by atoms with Crippen molar-refractivity contribution in [3.05, 3.63) is 24.4 Å². The van der Waals surface area contributed by atoms with Crippen LogP contribution >= 0.6 is 0 Å². The highest BCUT2D eigenvalue weighted by atomic mass is 32.2. The summed E-state index contributed by atoms with van der Waals surface area (Å²) in [7, 11) is -1.97. The minimum Gasteiger partial charge on any atom is -0.368 e. The SMILES string of the molecule is CCCNc1nc2ccccn2c1S(=O)(=O)N(C)CCC. The van der Waals surface area contributed by atoms with Gasteiger partial charge < -0.3 is 5.32 Å². The molecule has 7 heteroatoms. The molecule has 2 aromatic rings. The Kier molecular flexibility index (Phi) is 4.84. The Bertz CT molecular complexity index is 709. The molecule has 0 radical (unpaired) electrons. The van der Waals surface area contributed by atoms with Crippen molar-refractivity contribution in [3.63, 3.8) is 0 Å². The molecule has 0 aliphatic heterocycles. The lowest BCUT2D eigenvalue weighted by Gasteiger charge is -2.17. The van der Waals surface area contributed by atoms with Gasteiger partial charge in [-0.05, 0) is 25.0 Å². The molecule has 0 spiro atoms. The van der Waals surface area contributed by atoms with Gasteiger partial charge in [0, 0.05) is 26.3 Å². The van der Waals surface area contributed by atoms with Crippen LogP contribution in [0, 0.1) is 0 Å². The average molecular weight is 310 g/mol. The first-order valence-electron chi connectivity index (χ1n) is 7.19. The number of hydrogen-bond acceptors (Lipinski definition) is 4. The van der Waals surface area contributed by atoms with Crippen molar-refractivity contribution in [1.82, 2.24) is 13.7 Å². The standard InChI is InChI=1S/C14H22N4O2S/c1-4-9-15-13-14(21(19,20)17(3)10-5-2)18-11-7-6-8-12(18)16-13/h6-8,11,15H,4-5,9-10H2,1-3H3. The van der Waals surface area contributed by atoms with E-state index in [1.165, 1.54) is 4.31 Å². The van der Waals surface area contributed by atoms with Crippen LogP contribution < -0.4 is 5.32 Å². The van der Waals surface area contributed by atoms with Gasteiger partial charge in [0.15, 0.2) is 10.8 Å². The van der Waals surface area contributed by atoms with Crippen LogP contribution in [0.15, 0.2) is 29.4 Å². The second-order valence-electron chi connectivity index (χ2n) is 4.95. The van der Waals surface area contributed by atoms with E-state index >= 15 is 0 Å². The minimum absolute atomic E-state index is 0.211. The Hall–Kier alpha value is -1.60. The third-order valence-corrected chi connectivity index (χ3v) is 5.10. The molecule has 2 rings (SSSR count). The van der Waals surface area contributed by atoms with E-state index in [-0.39, 0.29) is 5.03 Å². The molecule has 0 saturated heterocycles. The number of sulfonamides is 1. The summed E-state index contributed by atoms with van der Waals surface area (Å²) >= 11 is 0. The predicted molar refractivity (Wildman–Crippen MR) is 84.1 cm³/mol. The van der Waals surface area contributed by atoms with E-state index < -0.39 is 10.0 Å². The minimum atomic E-state index is -3.57. The molecule has 0 atom stereocenters. The molecule has 116 valence electrons. The number of imidazole rings is 1. The molecule has 21 heavy (non-hydrogen) atoms. The molecule has 0 fully saturated rings. The lowest BCUT2D eigenvalue weighted by atomic mass is 10.5. The summed E-state index contributed by atoms with van der Waals surface area (Å²) in [4.78, 5) is 4.41. The van der Waals surface area contributed by atoms with Crippen molar-refractivity contribution >= 4 is 21.5 Å². The molecule has 0 amide bonds. The van der Waals surface area contributed by atoms with Crippen molar-refractivity contribution in [2.45, 2.75) is 31.7 Å². The number of nitrogens with one attached hydrogen (secondary N) is 1. The van der Waals surface area contributed by atoms with Crippen LogP contribution in [-0.4, -0.2) is 42.2 Å². The highest BCUT2D eigenvalue weighted by Crippen LogP contribution is 2.25. The summed E-state index contributed by atoms with van der Waals surface area (Å²) in [6, 6.07) is 5.45. The zero-order chi connectivity index (χ0) is 15.5. The van der Waals surface area contributed by atoms with E-state index in [0.717, 1.165) is 12.8 Å². The van der Waals surface area contributed by atoms with Crippen molar-refractivity contribution in [2.75, 3.05) is 25.5 Å². The van der Waals surface area contributed by atoms with E-state index in [2.05, 4.69) is 10.3 Å². The van der Waals surface area contributed by atoms with Crippen LogP contribution in [0.5, 0.6) is 0 Å². The number of pyridine rings is 1. The fraction of sp³-hybridized carbons (Fsp3) is 0.500. The maximum absolute atomic E-state index is 12.8. The lowest BCUT2D eigenvalue weighted by Crippen LogP contribution is -2.29. The van der Waals surface area contributed by atoms with E-state index in [1.54, 1.807) is 29.8 Å². The summed E-state index contributed by atoms with van der Waals surface area (Å²) in [6.07, 6.45) is 3.40. The van der Waals surface area contributed by atoms with Gasteiger partial charge in [-0.15, -0.1) is 0 Å². The Morgan fingerprint density at radius 3 is 2.71 bits per heavy atom. The van der Waals surface area contributed by atoms with Crippen molar-refractivity contribution < 1.29 is 8.42 Å². The molecule has 1 N–H and O–H groups in total. The van der Waals surface area contributed by atoms with Gasteiger partial charge in [0.2, 0.25) is 0 Å². The first-order valence-corrected chi connectivity index (χ1v) is 8.63. The number of fused-ring (bicyclic) bond motifs is 1. The smallest absolute Gasteiger partial charge is 0.262 e. The van der Waals surface area contributed by atoms with Gasteiger partial charge in [-0.3, -0.25) is 4.40 Å². The summed E-state index contributed by atoms with van der Waals surface area (Å²) in [5.41, 5.74) is 0.625. The zero-order valence-electron chi connectivity index (χ0n) is 12.7. The molecular formula is C14H22N4O2S. The Labute approximate surface area is 125 Å².